The van der Waals surface area contributed by atoms with Crippen LogP contribution in [0.5, 0.6) is 5.75 Å². The first-order chi connectivity index (χ1) is 25.3. The van der Waals surface area contributed by atoms with Crippen LogP contribution in [0.1, 0.15) is 51.3 Å². The van der Waals surface area contributed by atoms with Gasteiger partial charge in [0.25, 0.3) is 0 Å². The number of carboxylic acids is 3. The van der Waals surface area contributed by atoms with E-state index in [1.54, 1.807) is 0 Å². The Morgan fingerprint density at radius 2 is 1.28 bits per heavy atom. The number of aromatic nitrogens is 2. The van der Waals surface area contributed by atoms with Crippen molar-refractivity contribution >= 4 is 47.4 Å². The van der Waals surface area contributed by atoms with Crippen molar-refractivity contribution in [3.8, 4) is 5.75 Å². The fourth-order valence-electron chi connectivity index (χ4n) is 4.97. The number of carboxylic acid groups (broad SMARTS) is 3. The topological polar surface area (TPSA) is 353 Å². The molecule has 7 atom stereocenters. The molecule has 1 aromatic carbocycles. The zero-order valence-electron chi connectivity index (χ0n) is 29.6. The summed E-state index contributed by atoms with van der Waals surface area (Å²) in [6.07, 6.45) is -0.997. The number of rotatable bonds is 22. The number of phenols is 1. The summed E-state index contributed by atoms with van der Waals surface area (Å²) >= 11 is 0. The van der Waals surface area contributed by atoms with E-state index in [4.69, 9.17) is 5.73 Å². The lowest BCUT2D eigenvalue weighted by Gasteiger charge is -2.28. The number of hydrogen-bond acceptors (Lipinski definition) is 12. The van der Waals surface area contributed by atoms with Crippen molar-refractivity contribution in [3.63, 3.8) is 0 Å². The van der Waals surface area contributed by atoms with Crippen LogP contribution in [0.25, 0.3) is 0 Å². The zero-order chi connectivity index (χ0) is 40.7. The second-order valence-corrected chi connectivity index (χ2v) is 12.8. The number of phenolic OH excluding ortho intramolecular Hbond substituents is 1. The van der Waals surface area contributed by atoms with Crippen LogP contribution in [-0.2, 0) is 51.2 Å². The number of amides is 5. The highest BCUT2D eigenvalue weighted by atomic mass is 16.4. The number of aromatic amines is 1. The van der Waals surface area contributed by atoms with Crippen LogP contribution >= 0.6 is 0 Å². The molecule has 0 fully saturated rings. The van der Waals surface area contributed by atoms with Gasteiger partial charge in [0.1, 0.15) is 29.9 Å². The molecule has 0 radical (unpaired) electrons. The molecule has 21 nitrogen and oxygen atoms in total. The maximum atomic E-state index is 13.8. The van der Waals surface area contributed by atoms with Crippen LogP contribution in [-0.4, -0.2) is 125 Å². The summed E-state index contributed by atoms with van der Waals surface area (Å²) in [5.41, 5.74) is 6.92. The molecule has 0 aliphatic rings. The lowest BCUT2D eigenvalue weighted by Crippen LogP contribution is -2.61. The SMILES string of the molecule is CC(C)C(NC(=O)C(Cc1ccc(O)cc1)NC(=O)C(CCC(=O)O)NC(=O)C(N)Cc1cnc[nH]1)C(=O)NC(CC(=O)O)C(=O)NC(C(=O)O)C(C)O. The second-order valence-electron chi connectivity index (χ2n) is 12.8. The summed E-state index contributed by atoms with van der Waals surface area (Å²) in [6, 6.07) is -3.82. The van der Waals surface area contributed by atoms with Gasteiger partial charge in [-0.3, -0.25) is 33.6 Å². The molecular formula is C33H46N8O13. The molecule has 13 N–H and O–H groups in total. The van der Waals surface area contributed by atoms with E-state index in [1.165, 1.54) is 50.6 Å². The Balaban J connectivity index is 2.36. The molecule has 21 heteroatoms. The molecule has 1 heterocycles. The van der Waals surface area contributed by atoms with Gasteiger partial charge in [0.2, 0.25) is 29.5 Å². The Bertz CT molecular complexity index is 1630. The fraction of sp³-hybridized carbons (Fsp3) is 0.485. The number of carbonyl (C=O) groups is 8. The number of aliphatic carboxylic acids is 3. The molecule has 54 heavy (non-hydrogen) atoms. The highest BCUT2D eigenvalue weighted by Gasteiger charge is 2.35. The minimum atomic E-state index is -1.85. The van der Waals surface area contributed by atoms with E-state index >= 15 is 0 Å². The van der Waals surface area contributed by atoms with Crippen molar-refractivity contribution in [1.29, 1.82) is 0 Å². The first kappa shape index (κ1) is 44.1. The van der Waals surface area contributed by atoms with E-state index in [0.717, 1.165) is 6.92 Å². The number of aliphatic hydroxyl groups is 1. The number of nitrogens with zero attached hydrogens (tertiary/aromatic N) is 1. The monoisotopic (exact) mass is 762 g/mol. The van der Waals surface area contributed by atoms with Gasteiger partial charge in [-0.15, -0.1) is 0 Å². The summed E-state index contributed by atoms with van der Waals surface area (Å²) in [5, 5.41) is 58.9. The predicted molar refractivity (Wildman–Crippen MR) is 185 cm³/mol. The standard InChI is InChI=1S/C33H46N8O13/c1-15(2)26(32(52)39-23(12-25(46)47)31(51)41-27(16(3)42)33(53)54)40-30(50)22(10-17-4-6-19(43)7-5-17)38-29(49)21(8-9-24(44)45)37-28(48)20(34)11-18-13-35-14-36-18/h4-7,13-16,20-23,26-27,42-43H,8-12,34H2,1-3H3,(H,35,36)(H,37,48)(H,38,49)(H,39,52)(H,40,50)(H,41,51)(H,44,45)(H,46,47)(H,53,54). The number of aliphatic hydroxyl groups excluding tert-OH is 1. The molecular weight excluding hydrogens is 716 g/mol. The Morgan fingerprint density at radius 1 is 0.722 bits per heavy atom. The predicted octanol–water partition coefficient (Wildman–Crippen LogP) is -2.89. The van der Waals surface area contributed by atoms with Gasteiger partial charge in [-0.2, -0.15) is 0 Å². The van der Waals surface area contributed by atoms with E-state index in [9.17, 15) is 63.9 Å². The summed E-state index contributed by atoms with van der Waals surface area (Å²) in [6.45, 7) is 4.08. The zero-order valence-corrected chi connectivity index (χ0v) is 29.6. The minimum Gasteiger partial charge on any atom is -0.508 e. The van der Waals surface area contributed by atoms with Crippen LogP contribution in [0.2, 0.25) is 0 Å². The third-order valence-corrected chi connectivity index (χ3v) is 7.93. The molecule has 296 valence electrons. The number of H-pyrrole nitrogens is 1. The first-order valence-corrected chi connectivity index (χ1v) is 16.7. The summed E-state index contributed by atoms with van der Waals surface area (Å²) in [5.74, 6) is -10.4. The van der Waals surface area contributed by atoms with Gasteiger partial charge < -0.3 is 62.8 Å². The van der Waals surface area contributed by atoms with Crippen LogP contribution in [0, 0.1) is 5.92 Å². The van der Waals surface area contributed by atoms with Gasteiger partial charge >= 0.3 is 17.9 Å². The molecule has 0 bridgehead atoms. The average Bonchev–Trinajstić information content (AvgIpc) is 3.60. The number of benzene rings is 1. The Labute approximate surface area is 308 Å². The van der Waals surface area contributed by atoms with Gasteiger partial charge in [-0.1, -0.05) is 26.0 Å². The van der Waals surface area contributed by atoms with E-state index in [-0.39, 0.29) is 18.6 Å². The summed E-state index contributed by atoms with van der Waals surface area (Å²) in [7, 11) is 0. The molecule has 0 aliphatic carbocycles. The molecule has 0 saturated carbocycles. The quantitative estimate of drug-likeness (QED) is 0.0573. The van der Waals surface area contributed by atoms with Gasteiger partial charge in [0.05, 0.1) is 24.9 Å². The molecule has 7 unspecified atom stereocenters. The molecule has 5 amide bonds. The fourth-order valence-corrected chi connectivity index (χ4v) is 4.97. The normalized spacial score (nSPS) is 14.9. The van der Waals surface area contributed by atoms with Gasteiger partial charge in [0.15, 0.2) is 6.04 Å². The molecule has 0 aliphatic heterocycles. The number of hydrogen-bond donors (Lipinski definition) is 12. The number of aromatic hydroxyl groups is 1. The number of imidazole rings is 1. The van der Waals surface area contributed by atoms with Crippen LogP contribution in [0.15, 0.2) is 36.8 Å². The maximum absolute atomic E-state index is 13.8. The molecule has 0 saturated heterocycles. The van der Waals surface area contributed by atoms with Crippen molar-refractivity contribution < 1.29 is 63.9 Å². The smallest absolute Gasteiger partial charge is 0.328 e. The van der Waals surface area contributed by atoms with Crippen LogP contribution in [0.4, 0.5) is 0 Å². The summed E-state index contributed by atoms with van der Waals surface area (Å²) in [4.78, 5) is 108. The average molecular weight is 763 g/mol. The highest BCUT2D eigenvalue weighted by molar-refractivity contribution is 5.97. The van der Waals surface area contributed by atoms with Crippen molar-refractivity contribution in [3.05, 3.63) is 48.0 Å². The third kappa shape index (κ3) is 14.5. The van der Waals surface area contributed by atoms with Crippen LogP contribution in [0.3, 0.4) is 0 Å². The van der Waals surface area contributed by atoms with Gasteiger partial charge in [-0.05, 0) is 37.0 Å². The Kier molecular flexibility index (Phi) is 17.0. The van der Waals surface area contributed by atoms with Crippen LogP contribution < -0.4 is 32.3 Å². The van der Waals surface area contributed by atoms with Crippen molar-refractivity contribution in [2.24, 2.45) is 11.7 Å². The van der Waals surface area contributed by atoms with E-state index in [0.29, 0.717) is 11.3 Å². The highest BCUT2D eigenvalue weighted by Crippen LogP contribution is 2.13. The molecule has 0 spiro atoms. The van der Waals surface area contributed by atoms with E-state index in [1.807, 2.05) is 5.32 Å². The molecule has 2 aromatic rings. The maximum Gasteiger partial charge on any atom is 0.328 e. The van der Waals surface area contributed by atoms with E-state index < -0.39 is 115 Å². The molecule has 1 aromatic heterocycles. The first-order valence-electron chi connectivity index (χ1n) is 16.7. The summed E-state index contributed by atoms with van der Waals surface area (Å²) < 4.78 is 0. The largest absolute Gasteiger partial charge is 0.508 e. The van der Waals surface area contributed by atoms with Crippen molar-refractivity contribution in [2.75, 3.05) is 0 Å². The number of carbonyl (C=O) groups excluding carboxylic acids is 5. The Morgan fingerprint density at radius 3 is 1.80 bits per heavy atom. The number of nitrogens with two attached hydrogens (primary N) is 1. The minimum absolute atomic E-state index is 0.000674. The lowest BCUT2D eigenvalue weighted by molar-refractivity contribution is -0.146. The second kappa shape index (κ2) is 20.8. The van der Waals surface area contributed by atoms with Gasteiger partial charge in [0, 0.05) is 31.2 Å². The van der Waals surface area contributed by atoms with Crippen molar-refractivity contribution in [1.82, 2.24) is 36.6 Å². The van der Waals surface area contributed by atoms with Gasteiger partial charge in [-0.25, -0.2) is 9.78 Å². The Hall–Kier alpha value is -6.09. The van der Waals surface area contributed by atoms with E-state index in [2.05, 4.69) is 31.2 Å². The third-order valence-electron chi connectivity index (χ3n) is 7.93. The molecule has 2 rings (SSSR count). The van der Waals surface area contributed by atoms with Crippen molar-refractivity contribution in [2.45, 2.75) is 95.2 Å². The number of nitrogens with one attached hydrogen (secondary N) is 6. The lowest BCUT2D eigenvalue weighted by atomic mass is 9.99.